The van der Waals surface area contributed by atoms with Crippen molar-refractivity contribution in [1.29, 1.82) is 0 Å². The Morgan fingerprint density at radius 2 is 2.10 bits per heavy atom. The average molecular weight is 303 g/mol. The number of amides is 1. The van der Waals surface area contributed by atoms with Crippen molar-refractivity contribution in [3.05, 3.63) is 57.1 Å². The lowest BCUT2D eigenvalue weighted by Crippen LogP contribution is -2.12. The normalized spacial score (nSPS) is 12.0. The number of nitrogens with zero attached hydrogens (tertiary/aromatic N) is 3. The van der Waals surface area contributed by atoms with Crippen molar-refractivity contribution in [2.24, 2.45) is 12.0 Å². The van der Waals surface area contributed by atoms with Gasteiger partial charge in [0.05, 0.1) is 16.3 Å². The van der Waals surface area contributed by atoms with E-state index in [9.17, 15) is 14.9 Å². The first-order valence-electron chi connectivity index (χ1n) is 5.94. The lowest BCUT2D eigenvalue weighted by molar-refractivity contribution is -0.402. The molecule has 0 spiro atoms. The van der Waals surface area contributed by atoms with Crippen LogP contribution >= 0.6 is 11.3 Å². The van der Waals surface area contributed by atoms with Crippen molar-refractivity contribution >= 4 is 33.3 Å². The fourth-order valence-corrected chi connectivity index (χ4v) is 2.89. The van der Waals surface area contributed by atoms with Crippen LogP contribution < -0.4 is 4.80 Å². The Bertz CT molecular complexity index is 919. The quantitative estimate of drug-likeness (QED) is 0.537. The highest BCUT2D eigenvalue weighted by Crippen LogP contribution is 2.17. The molecule has 0 fully saturated rings. The molecule has 1 aromatic carbocycles. The van der Waals surface area contributed by atoms with Crippen molar-refractivity contribution in [3.63, 3.8) is 0 Å². The highest BCUT2D eigenvalue weighted by Gasteiger charge is 2.17. The van der Waals surface area contributed by atoms with E-state index in [2.05, 4.69) is 4.99 Å². The Labute approximate surface area is 121 Å². The van der Waals surface area contributed by atoms with Crippen LogP contribution in [0.25, 0.3) is 10.2 Å². The summed E-state index contributed by atoms with van der Waals surface area (Å²) in [5, 5.41) is 10.5. The van der Waals surface area contributed by atoms with E-state index in [4.69, 9.17) is 4.42 Å². The van der Waals surface area contributed by atoms with Crippen molar-refractivity contribution < 1.29 is 14.1 Å². The topological polar surface area (TPSA) is 90.6 Å². The standard InChI is InChI=1S/C13H9N3O4S/c1-15-8-4-2-3-5-10(8)21-13(15)14-12(17)9-6-7-11(20-9)16(18)19/h2-7H,1H3. The predicted octanol–water partition coefficient (Wildman–Crippen LogP) is 2.48. The predicted molar refractivity (Wildman–Crippen MR) is 76.1 cm³/mol. The number of nitro groups is 1. The molecule has 0 saturated heterocycles. The smallest absolute Gasteiger partial charge is 0.395 e. The molecule has 0 aliphatic rings. The van der Waals surface area contributed by atoms with E-state index in [0.29, 0.717) is 4.80 Å². The van der Waals surface area contributed by atoms with E-state index >= 15 is 0 Å². The third kappa shape index (κ3) is 2.36. The van der Waals surface area contributed by atoms with Gasteiger partial charge in [-0.25, -0.2) is 0 Å². The van der Waals surface area contributed by atoms with E-state index in [1.165, 1.54) is 17.4 Å². The minimum absolute atomic E-state index is 0.154. The summed E-state index contributed by atoms with van der Waals surface area (Å²) >= 11 is 1.36. The summed E-state index contributed by atoms with van der Waals surface area (Å²) in [6, 6.07) is 10.0. The maximum absolute atomic E-state index is 12.0. The number of hydrogen-bond acceptors (Lipinski definition) is 5. The third-order valence-electron chi connectivity index (χ3n) is 2.89. The zero-order chi connectivity index (χ0) is 15.0. The lowest BCUT2D eigenvalue weighted by Gasteiger charge is -1.93. The van der Waals surface area contributed by atoms with Gasteiger partial charge in [-0.05, 0) is 18.2 Å². The summed E-state index contributed by atoms with van der Waals surface area (Å²) in [6.45, 7) is 0. The lowest BCUT2D eigenvalue weighted by atomic mass is 10.3. The number of rotatable bonds is 2. The number of aryl methyl sites for hydroxylation is 1. The van der Waals surface area contributed by atoms with Crippen LogP contribution in [0.4, 0.5) is 5.88 Å². The molecule has 0 radical (unpaired) electrons. The number of fused-ring (bicyclic) bond motifs is 1. The molecule has 3 aromatic rings. The minimum Gasteiger partial charge on any atom is -0.395 e. The van der Waals surface area contributed by atoms with Gasteiger partial charge in [-0.15, -0.1) is 0 Å². The molecule has 0 unspecified atom stereocenters. The van der Waals surface area contributed by atoms with Crippen LogP contribution in [0, 0.1) is 10.1 Å². The maximum atomic E-state index is 12.0. The highest BCUT2D eigenvalue weighted by molar-refractivity contribution is 7.16. The number of carbonyl (C=O) groups is 1. The van der Waals surface area contributed by atoms with Crippen molar-refractivity contribution in [2.75, 3.05) is 0 Å². The van der Waals surface area contributed by atoms with Gasteiger partial charge in [0.15, 0.2) is 4.80 Å². The largest absolute Gasteiger partial charge is 0.433 e. The van der Waals surface area contributed by atoms with Gasteiger partial charge in [-0.2, -0.15) is 4.99 Å². The van der Waals surface area contributed by atoms with Crippen LogP contribution in [-0.2, 0) is 7.05 Å². The van der Waals surface area contributed by atoms with E-state index in [1.54, 1.807) is 11.6 Å². The molecule has 0 N–H and O–H groups in total. The van der Waals surface area contributed by atoms with Crippen LogP contribution in [0.2, 0.25) is 0 Å². The summed E-state index contributed by atoms with van der Waals surface area (Å²) in [6.07, 6.45) is 0. The van der Waals surface area contributed by atoms with Crippen LogP contribution in [-0.4, -0.2) is 15.4 Å². The number of hydrogen-bond donors (Lipinski definition) is 0. The Hall–Kier alpha value is -2.74. The van der Waals surface area contributed by atoms with E-state index < -0.39 is 16.7 Å². The number of aromatic nitrogens is 1. The van der Waals surface area contributed by atoms with Gasteiger partial charge in [0.1, 0.15) is 4.92 Å². The monoisotopic (exact) mass is 303 g/mol. The second kappa shape index (κ2) is 4.98. The Morgan fingerprint density at radius 3 is 2.76 bits per heavy atom. The first-order chi connectivity index (χ1) is 10.1. The third-order valence-corrected chi connectivity index (χ3v) is 4.01. The number of carbonyl (C=O) groups excluding carboxylic acids is 1. The molecule has 2 aromatic heterocycles. The van der Waals surface area contributed by atoms with Gasteiger partial charge < -0.3 is 8.98 Å². The van der Waals surface area contributed by atoms with Crippen molar-refractivity contribution in [2.45, 2.75) is 0 Å². The molecular formula is C13H9N3O4S. The minimum atomic E-state index is -0.698. The van der Waals surface area contributed by atoms with E-state index in [1.807, 2.05) is 24.3 Å². The number of thiazole rings is 1. The fraction of sp³-hybridized carbons (Fsp3) is 0.0769. The first-order valence-corrected chi connectivity index (χ1v) is 6.76. The van der Waals surface area contributed by atoms with Crippen LogP contribution in [0.3, 0.4) is 0 Å². The van der Waals surface area contributed by atoms with Crippen LogP contribution in [0.5, 0.6) is 0 Å². The molecule has 3 rings (SSSR count). The Morgan fingerprint density at radius 1 is 1.33 bits per heavy atom. The summed E-state index contributed by atoms with van der Waals surface area (Å²) in [5.41, 5.74) is 0.958. The molecule has 0 aliphatic carbocycles. The van der Waals surface area contributed by atoms with Crippen LogP contribution in [0.1, 0.15) is 10.6 Å². The maximum Gasteiger partial charge on any atom is 0.433 e. The van der Waals surface area contributed by atoms with Gasteiger partial charge in [-0.1, -0.05) is 23.5 Å². The number of para-hydroxylation sites is 1. The van der Waals surface area contributed by atoms with Gasteiger partial charge in [-0.3, -0.25) is 14.9 Å². The molecule has 21 heavy (non-hydrogen) atoms. The first kappa shape index (κ1) is 13.3. The van der Waals surface area contributed by atoms with Gasteiger partial charge in [0.25, 0.3) is 0 Å². The van der Waals surface area contributed by atoms with E-state index in [-0.39, 0.29) is 5.76 Å². The molecule has 106 valence electrons. The number of furan rings is 1. The van der Waals surface area contributed by atoms with Gasteiger partial charge in [0.2, 0.25) is 5.76 Å². The fourth-order valence-electron chi connectivity index (χ4n) is 1.87. The Balaban J connectivity index is 2.04. The molecule has 0 atom stereocenters. The molecule has 0 saturated carbocycles. The molecule has 0 bridgehead atoms. The van der Waals surface area contributed by atoms with Crippen molar-refractivity contribution in [1.82, 2.24) is 4.57 Å². The van der Waals surface area contributed by atoms with Gasteiger partial charge >= 0.3 is 11.8 Å². The second-order valence-corrected chi connectivity index (χ2v) is 5.23. The highest BCUT2D eigenvalue weighted by atomic mass is 32.1. The summed E-state index contributed by atoms with van der Waals surface area (Å²) < 4.78 is 7.63. The number of benzene rings is 1. The van der Waals surface area contributed by atoms with E-state index in [0.717, 1.165) is 16.3 Å². The molecule has 8 heteroatoms. The average Bonchev–Trinajstić information content (AvgIpc) is 3.06. The molecule has 1 amide bonds. The molecule has 0 aliphatic heterocycles. The molecule has 2 heterocycles. The second-order valence-electron chi connectivity index (χ2n) is 4.22. The zero-order valence-corrected chi connectivity index (χ0v) is 11.7. The Kier molecular flexibility index (Phi) is 3.15. The van der Waals surface area contributed by atoms with Gasteiger partial charge in [0, 0.05) is 7.05 Å². The zero-order valence-electron chi connectivity index (χ0n) is 10.8. The SMILES string of the molecule is Cn1c(=NC(=O)c2ccc([N+](=O)[O-])o2)sc2ccccc21. The molecular weight excluding hydrogens is 294 g/mol. The summed E-state index contributed by atoms with van der Waals surface area (Å²) in [4.78, 5) is 26.3. The van der Waals surface area contributed by atoms with Crippen LogP contribution in [0.15, 0.2) is 45.8 Å². The van der Waals surface area contributed by atoms with Crippen molar-refractivity contribution in [3.8, 4) is 0 Å². The summed E-state index contributed by atoms with van der Waals surface area (Å²) in [7, 11) is 1.80. The summed E-state index contributed by atoms with van der Waals surface area (Å²) in [5.74, 6) is -1.28. The molecule has 7 nitrogen and oxygen atoms in total.